The molecule has 0 spiro atoms. The molecule has 3 rings (SSSR count). The average Bonchev–Trinajstić information content (AvgIpc) is 2.96. The lowest BCUT2D eigenvalue weighted by molar-refractivity contribution is -0.00703. The first kappa shape index (κ1) is 16.6. The van der Waals surface area contributed by atoms with E-state index in [2.05, 4.69) is 15.2 Å². The molecular formula is C18H24N4O2. The summed E-state index contributed by atoms with van der Waals surface area (Å²) in [7, 11) is 0. The van der Waals surface area contributed by atoms with Gasteiger partial charge in [-0.05, 0) is 39.3 Å². The average molecular weight is 328 g/mol. The van der Waals surface area contributed by atoms with E-state index in [1.54, 1.807) is 12.4 Å². The van der Waals surface area contributed by atoms with Gasteiger partial charge in [0, 0.05) is 37.0 Å². The molecule has 2 atom stereocenters. The van der Waals surface area contributed by atoms with Crippen LogP contribution in [-0.4, -0.2) is 38.1 Å². The first-order valence-electron chi connectivity index (χ1n) is 8.39. The van der Waals surface area contributed by atoms with Crippen molar-refractivity contribution in [3.8, 4) is 0 Å². The molecule has 0 fully saturated rings. The van der Waals surface area contributed by atoms with Gasteiger partial charge in [-0.2, -0.15) is 5.10 Å². The maximum Gasteiger partial charge on any atom is 0.275 e. The second-order valence-electron chi connectivity index (χ2n) is 6.65. The van der Waals surface area contributed by atoms with Crippen molar-refractivity contribution in [3.05, 3.63) is 47.0 Å². The zero-order valence-electron chi connectivity index (χ0n) is 14.6. The number of carbonyl (C=O) groups excluding carboxylic acids is 1. The second-order valence-corrected chi connectivity index (χ2v) is 6.65. The molecule has 3 heterocycles. The number of hydrogen-bond donors (Lipinski definition) is 1. The van der Waals surface area contributed by atoms with Crippen LogP contribution in [-0.2, 0) is 17.7 Å². The Hall–Kier alpha value is -2.21. The number of rotatable bonds is 4. The zero-order valence-corrected chi connectivity index (χ0v) is 14.6. The topological polar surface area (TPSA) is 71.1 Å². The highest BCUT2D eigenvalue weighted by Crippen LogP contribution is 2.31. The Bertz CT molecular complexity index is 711. The lowest BCUT2D eigenvalue weighted by Crippen LogP contribution is -2.37. The Kier molecular flexibility index (Phi) is 4.66. The molecule has 0 radical (unpaired) electrons. The molecule has 1 aliphatic rings. The minimum Gasteiger partial charge on any atom is -0.369 e. The minimum absolute atomic E-state index is 0.0485. The smallest absolute Gasteiger partial charge is 0.275 e. The van der Waals surface area contributed by atoms with Gasteiger partial charge in [0.2, 0.25) is 0 Å². The quantitative estimate of drug-likeness (QED) is 0.937. The van der Waals surface area contributed by atoms with Gasteiger partial charge >= 0.3 is 0 Å². The van der Waals surface area contributed by atoms with Crippen molar-refractivity contribution in [1.82, 2.24) is 20.1 Å². The Morgan fingerprint density at radius 2 is 2.25 bits per heavy atom. The molecule has 0 aliphatic carbocycles. The number of amides is 1. The van der Waals surface area contributed by atoms with Crippen molar-refractivity contribution in [2.45, 2.75) is 58.9 Å². The van der Waals surface area contributed by atoms with Crippen LogP contribution in [0.25, 0.3) is 0 Å². The molecule has 1 amide bonds. The van der Waals surface area contributed by atoms with E-state index in [0.717, 1.165) is 16.8 Å². The molecule has 2 aromatic rings. The maximum absolute atomic E-state index is 13.1. The summed E-state index contributed by atoms with van der Waals surface area (Å²) < 4.78 is 5.80. The zero-order chi connectivity index (χ0) is 17.3. The van der Waals surface area contributed by atoms with Gasteiger partial charge in [-0.15, -0.1) is 0 Å². The molecule has 0 saturated heterocycles. The first-order valence-corrected chi connectivity index (χ1v) is 8.39. The number of nitrogens with one attached hydrogen (secondary N) is 1. The van der Waals surface area contributed by atoms with Crippen LogP contribution in [0.5, 0.6) is 0 Å². The Morgan fingerprint density at radius 1 is 1.46 bits per heavy atom. The van der Waals surface area contributed by atoms with Crippen molar-refractivity contribution >= 4 is 5.91 Å². The SMILES string of the molecule is CC(C)N(Cc1cccnc1)C(=O)c1n[nH]c2c1C[C@H](C)O[C@@H]2C. The van der Waals surface area contributed by atoms with E-state index in [0.29, 0.717) is 18.7 Å². The highest BCUT2D eigenvalue weighted by molar-refractivity contribution is 5.94. The van der Waals surface area contributed by atoms with Gasteiger partial charge in [0.1, 0.15) is 0 Å². The molecular weight excluding hydrogens is 304 g/mol. The van der Waals surface area contributed by atoms with Crippen LogP contribution in [0.2, 0.25) is 0 Å². The predicted molar refractivity (Wildman–Crippen MR) is 90.5 cm³/mol. The number of fused-ring (bicyclic) bond motifs is 1. The molecule has 0 unspecified atom stereocenters. The summed E-state index contributed by atoms with van der Waals surface area (Å²) >= 11 is 0. The van der Waals surface area contributed by atoms with Crippen molar-refractivity contribution in [1.29, 1.82) is 0 Å². The van der Waals surface area contributed by atoms with Crippen molar-refractivity contribution in [2.75, 3.05) is 0 Å². The van der Waals surface area contributed by atoms with Gasteiger partial charge in [0.05, 0.1) is 17.9 Å². The van der Waals surface area contributed by atoms with Crippen LogP contribution in [0, 0.1) is 0 Å². The van der Waals surface area contributed by atoms with Crippen LogP contribution in [0.4, 0.5) is 0 Å². The fourth-order valence-corrected chi connectivity index (χ4v) is 3.16. The fraction of sp³-hybridized carbons (Fsp3) is 0.500. The number of aromatic amines is 1. The van der Waals surface area contributed by atoms with E-state index in [1.165, 1.54) is 0 Å². The summed E-state index contributed by atoms with van der Waals surface area (Å²) in [4.78, 5) is 19.1. The van der Waals surface area contributed by atoms with E-state index in [4.69, 9.17) is 4.74 Å². The van der Waals surface area contributed by atoms with Crippen molar-refractivity contribution < 1.29 is 9.53 Å². The third-order valence-corrected chi connectivity index (χ3v) is 4.40. The molecule has 6 nitrogen and oxygen atoms in total. The van der Waals surface area contributed by atoms with E-state index in [1.807, 2.05) is 44.7 Å². The third kappa shape index (κ3) is 3.19. The normalized spacial score (nSPS) is 20.0. The number of ether oxygens (including phenoxy) is 1. The monoisotopic (exact) mass is 328 g/mol. The molecule has 0 saturated carbocycles. The van der Waals surface area contributed by atoms with Crippen LogP contribution in [0.3, 0.4) is 0 Å². The molecule has 0 bridgehead atoms. The molecule has 24 heavy (non-hydrogen) atoms. The lowest BCUT2D eigenvalue weighted by atomic mass is 9.99. The largest absolute Gasteiger partial charge is 0.369 e. The number of carbonyl (C=O) groups is 1. The second kappa shape index (κ2) is 6.73. The van der Waals surface area contributed by atoms with E-state index >= 15 is 0 Å². The van der Waals surface area contributed by atoms with Crippen LogP contribution < -0.4 is 0 Å². The summed E-state index contributed by atoms with van der Waals surface area (Å²) in [6, 6.07) is 3.93. The maximum atomic E-state index is 13.1. The highest BCUT2D eigenvalue weighted by Gasteiger charge is 2.32. The molecule has 6 heteroatoms. The van der Waals surface area contributed by atoms with Gasteiger partial charge in [0.25, 0.3) is 5.91 Å². The summed E-state index contributed by atoms with van der Waals surface area (Å²) in [5.41, 5.74) is 3.43. The van der Waals surface area contributed by atoms with Crippen LogP contribution in [0.1, 0.15) is 61.1 Å². The van der Waals surface area contributed by atoms with Crippen LogP contribution >= 0.6 is 0 Å². The van der Waals surface area contributed by atoms with E-state index in [9.17, 15) is 4.79 Å². The summed E-state index contributed by atoms with van der Waals surface area (Å²) in [5.74, 6) is -0.0485. The Labute approximate surface area is 142 Å². The number of pyridine rings is 1. The van der Waals surface area contributed by atoms with Gasteiger partial charge in [-0.3, -0.25) is 14.9 Å². The minimum atomic E-state index is -0.0661. The van der Waals surface area contributed by atoms with Crippen LogP contribution in [0.15, 0.2) is 24.5 Å². The molecule has 0 aromatic carbocycles. The molecule has 2 aromatic heterocycles. The molecule has 1 aliphatic heterocycles. The van der Waals surface area contributed by atoms with Gasteiger partial charge < -0.3 is 9.64 Å². The summed E-state index contributed by atoms with van der Waals surface area (Å²) in [6.07, 6.45) is 4.25. The highest BCUT2D eigenvalue weighted by atomic mass is 16.5. The third-order valence-electron chi connectivity index (χ3n) is 4.40. The Balaban J connectivity index is 1.89. The van der Waals surface area contributed by atoms with E-state index < -0.39 is 0 Å². The lowest BCUT2D eigenvalue weighted by Gasteiger charge is -2.28. The van der Waals surface area contributed by atoms with Gasteiger partial charge in [-0.1, -0.05) is 6.07 Å². The number of H-pyrrole nitrogens is 1. The number of aromatic nitrogens is 3. The first-order chi connectivity index (χ1) is 11.5. The molecule has 128 valence electrons. The Morgan fingerprint density at radius 3 is 2.92 bits per heavy atom. The predicted octanol–water partition coefficient (Wildman–Crippen LogP) is 2.88. The van der Waals surface area contributed by atoms with Crippen molar-refractivity contribution in [3.63, 3.8) is 0 Å². The summed E-state index contributed by atoms with van der Waals surface area (Å²) in [6.45, 7) is 8.56. The number of nitrogens with zero attached hydrogens (tertiary/aromatic N) is 3. The molecule has 1 N–H and O–H groups in total. The fourth-order valence-electron chi connectivity index (χ4n) is 3.16. The van der Waals surface area contributed by atoms with Gasteiger partial charge in [0.15, 0.2) is 5.69 Å². The van der Waals surface area contributed by atoms with E-state index in [-0.39, 0.29) is 24.2 Å². The van der Waals surface area contributed by atoms with Crippen molar-refractivity contribution in [2.24, 2.45) is 0 Å². The number of hydrogen-bond acceptors (Lipinski definition) is 4. The standard InChI is InChI=1S/C18H24N4O2/c1-11(2)22(10-14-6-5-7-19-9-14)18(23)17-15-8-12(3)24-13(4)16(15)20-21-17/h5-7,9,11-13H,8,10H2,1-4H3,(H,20,21)/t12-,13+/m0/s1. The van der Waals surface area contributed by atoms with Gasteiger partial charge in [-0.25, -0.2) is 0 Å². The summed E-state index contributed by atoms with van der Waals surface area (Å²) in [5, 5.41) is 7.32.